The number of hydrogen-bond acceptors (Lipinski definition) is 6. The zero-order chi connectivity index (χ0) is 21.7. The summed E-state index contributed by atoms with van der Waals surface area (Å²) in [6.07, 6.45) is 0.737. The number of benzene rings is 2. The van der Waals surface area contributed by atoms with E-state index in [2.05, 4.69) is 15.5 Å². The van der Waals surface area contributed by atoms with Gasteiger partial charge in [0.2, 0.25) is 5.95 Å². The Kier molecular flexibility index (Phi) is 6.79. The van der Waals surface area contributed by atoms with Crippen LogP contribution < -0.4 is 11.0 Å². The van der Waals surface area contributed by atoms with Gasteiger partial charge in [0.25, 0.3) is 5.56 Å². The van der Waals surface area contributed by atoms with Crippen molar-refractivity contribution in [3.05, 3.63) is 64.2 Å². The Morgan fingerprint density at radius 1 is 1.30 bits per heavy atom. The lowest BCUT2D eigenvalue weighted by atomic mass is 10.1. The van der Waals surface area contributed by atoms with Crippen molar-refractivity contribution in [3.8, 4) is 5.75 Å². The number of phenolic OH excluding ortho intramolecular Hbond substituents is 1. The van der Waals surface area contributed by atoms with Gasteiger partial charge in [-0.3, -0.25) is 9.36 Å². The van der Waals surface area contributed by atoms with Crippen LogP contribution in [0.4, 0.5) is 10.3 Å². The van der Waals surface area contributed by atoms with E-state index in [1.54, 1.807) is 31.2 Å². The number of hydrazone groups is 1. The Bertz CT molecular complexity index is 1130. The monoisotopic (exact) mass is 412 g/mol. The van der Waals surface area contributed by atoms with Gasteiger partial charge in [-0.05, 0) is 57.5 Å². The van der Waals surface area contributed by atoms with Gasteiger partial charge in [0, 0.05) is 18.7 Å². The van der Waals surface area contributed by atoms with Crippen molar-refractivity contribution in [2.75, 3.05) is 12.0 Å². The van der Waals surface area contributed by atoms with Crippen molar-refractivity contribution in [1.29, 1.82) is 0 Å². The molecule has 0 aliphatic heterocycles. The van der Waals surface area contributed by atoms with Gasteiger partial charge in [-0.2, -0.15) is 5.10 Å². The molecule has 0 aliphatic carbocycles. The minimum absolute atomic E-state index is 0.0888. The third-order valence-electron chi connectivity index (χ3n) is 4.51. The second-order valence-corrected chi connectivity index (χ2v) is 7.15. The van der Waals surface area contributed by atoms with Crippen molar-refractivity contribution in [2.24, 2.45) is 5.10 Å². The lowest BCUT2D eigenvalue weighted by molar-refractivity contribution is 0.0748. The number of hydrogen-bond donors (Lipinski definition) is 2. The molecule has 0 spiro atoms. The van der Waals surface area contributed by atoms with Crippen LogP contribution in [0.3, 0.4) is 0 Å². The molecule has 2 aromatic carbocycles. The molecule has 2 N–H and O–H groups in total. The number of halogens is 1. The first-order valence-corrected chi connectivity index (χ1v) is 9.77. The maximum atomic E-state index is 13.5. The third-order valence-corrected chi connectivity index (χ3v) is 4.51. The number of rotatable bonds is 8. The van der Waals surface area contributed by atoms with Crippen LogP contribution >= 0.6 is 0 Å². The number of aromatic nitrogens is 2. The van der Waals surface area contributed by atoms with Crippen LogP contribution in [-0.4, -0.2) is 33.1 Å². The first kappa shape index (κ1) is 21.4. The van der Waals surface area contributed by atoms with Crippen LogP contribution in [0.2, 0.25) is 0 Å². The van der Waals surface area contributed by atoms with Crippen molar-refractivity contribution >= 4 is 22.6 Å². The van der Waals surface area contributed by atoms with Crippen molar-refractivity contribution in [1.82, 2.24) is 9.55 Å². The zero-order valence-corrected chi connectivity index (χ0v) is 17.2. The quantitative estimate of drug-likeness (QED) is 0.333. The first-order valence-electron chi connectivity index (χ1n) is 9.77. The predicted molar refractivity (Wildman–Crippen MR) is 116 cm³/mol. The third kappa shape index (κ3) is 5.01. The average molecular weight is 412 g/mol. The molecule has 0 atom stereocenters. The van der Waals surface area contributed by atoms with E-state index in [4.69, 9.17) is 4.74 Å². The molecule has 1 aromatic heterocycles. The Morgan fingerprint density at radius 2 is 2.07 bits per heavy atom. The molecule has 0 saturated heterocycles. The second-order valence-electron chi connectivity index (χ2n) is 7.15. The van der Waals surface area contributed by atoms with Gasteiger partial charge in [-0.25, -0.2) is 14.8 Å². The van der Waals surface area contributed by atoms with E-state index in [1.807, 2.05) is 13.8 Å². The molecule has 0 bridgehead atoms. The largest absolute Gasteiger partial charge is 0.507 e. The van der Waals surface area contributed by atoms with Gasteiger partial charge >= 0.3 is 0 Å². The highest BCUT2D eigenvalue weighted by molar-refractivity contribution is 6.01. The molecule has 7 nitrogen and oxygen atoms in total. The molecule has 0 fully saturated rings. The molecule has 3 aromatic rings. The van der Waals surface area contributed by atoms with Gasteiger partial charge in [0.1, 0.15) is 11.6 Å². The highest BCUT2D eigenvalue weighted by Gasteiger charge is 2.12. The molecule has 30 heavy (non-hydrogen) atoms. The van der Waals surface area contributed by atoms with Crippen LogP contribution in [0.5, 0.6) is 5.75 Å². The topological polar surface area (TPSA) is 88.7 Å². The predicted octanol–water partition coefficient (Wildman–Crippen LogP) is 3.89. The highest BCUT2D eigenvalue weighted by Crippen LogP contribution is 2.19. The standard InChI is InChI=1S/C22H25FN4O3/c1-14(2)30-12-6-11-27-21(29)17-7-4-5-8-19(17)24-22(27)26-25-15(3)18-13-16(23)9-10-20(18)28/h4-5,7-10,13-14,28H,6,11-12H2,1-3H3,(H,24,26)/b25-15+. The van der Waals surface area contributed by atoms with Crippen LogP contribution in [-0.2, 0) is 11.3 Å². The van der Waals surface area contributed by atoms with E-state index in [1.165, 1.54) is 22.8 Å². The number of anilines is 1. The summed E-state index contributed by atoms with van der Waals surface area (Å²) in [6.45, 7) is 6.44. The molecular weight excluding hydrogens is 387 g/mol. The summed E-state index contributed by atoms with van der Waals surface area (Å²) in [5.41, 5.74) is 3.77. The highest BCUT2D eigenvalue weighted by atomic mass is 19.1. The molecule has 0 saturated carbocycles. The molecule has 158 valence electrons. The lowest BCUT2D eigenvalue weighted by Crippen LogP contribution is -2.25. The summed E-state index contributed by atoms with van der Waals surface area (Å²) in [6, 6.07) is 10.7. The number of para-hydroxylation sites is 1. The Balaban J connectivity index is 1.93. The van der Waals surface area contributed by atoms with Crippen molar-refractivity contribution < 1.29 is 14.2 Å². The first-order chi connectivity index (χ1) is 14.4. The van der Waals surface area contributed by atoms with Gasteiger partial charge < -0.3 is 9.84 Å². The molecule has 1 heterocycles. The van der Waals surface area contributed by atoms with E-state index < -0.39 is 5.82 Å². The van der Waals surface area contributed by atoms with Crippen LogP contribution in [0.15, 0.2) is 52.4 Å². The van der Waals surface area contributed by atoms with Gasteiger partial charge in [0.15, 0.2) is 0 Å². The molecule has 0 unspecified atom stereocenters. The summed E-state index contributed by atoms with van der Waals surface area (Å²) in [7, 11) is 0. The molecule has 0 amide bonds. The number of nitrogens with zero attached hydrogens (tertiary/aromatic N) is 3. The summed E-state index contributed by atoms with van der Waals surface area (Å²) in [5, 5.41) is 14.7. The van der Waals surface area contributed by atoms with E-state index in [0.717, 1.165) is 0 Å². The maximum absolute atomic E-state index is 13.5. The average Bonchev–Trinajstić information content (AvgIpc) is 2.72. The Hall–Kier alpha value is -3.26. The summed E-state index contributed by atoms with van der Waals surface area (Å²) in [4.78, 5) is 17.5. The van der Waals surface area contributed by atoms with Crippen molar-refractivity contribution in [2.45, 2.75) is 39.8 Å². The normalized spacial score (nSPS) is 12.0. The van der Waals surface area contributed by atoms with E-state index in [-0.39, 0.29) is 28.9 Å². The maximum Gasteiger partial charge on any atom is 0.262 e. The Labute approximate surface area is 173 Å². The van der Waals surface area contributed by atoms with E-state index in [0.29, 0.717) is 36.2 Å². The van der Waals surface area contributed by atoms with E-state index in [9.17, 15) is 14.3 Å². The minimum Gasteiger partial charge on any atom is -0.507 e. The fourth-order valence-electron chi connectivity index (χ4n) is 2.99. The number of fused-ring (bicyclic) bond motifs is 1. The van der Waals surface area contributed by atoms with Crippen LogP contribution in [0, 0.1) is 5.82 Å². The van der Waals surface area contributed by atoms with Crippen LogP contribution in [0.1, 0.15) is 32.8 Å². The zero-order valence-electron chi connectivity index (χ0n) is 17.2. The number of aromatic hydroxyl groups is 1. The van der Waals surface area contributed by atoms with E-state index >= 15 is 0 Å². The lowest BCUT2D eigenvalue weighted by Gasteiger charge is -2.14. The molecular formula is C22H25FN4O3. The second kappa shape index (κ2) is 9.49. The van der Waals surface area contributed by atoms with Crippen molar-refractivity contribution in [3.63, 3.8) is 0 Å². The van der Waals surface area contributed by atoms with Gasteiger partial charge in [0.05, 0.1) is 22.7 Å². The summed E-state index contributed by atoms with van der Waals surface area (Å²) in [5.74, 6) is -0.309. The SMILES string of the molecule is C/C(=N\Nc1nc2ccccc2c(=O)n1CCCOC(C)C)c1cc(F)ccc1O. The fraction of sp³-hybridized carbons (Fsp3) is 0.318. The minimum atomic E-state index is -0.483. The number of phenols is 1. The summed E-state index contributed by atoms with van der Waals surface area (Å²) < 4.78 is 20.6. The van der Waals surface area contributed by atoms with Gasteiger partial charge in [-0.1, -0.05) is 12.1 Å². The molecule has 3 rings (SSSR count). The summed E-state index contributed by atoms with van der Waals surface area (Å²) >= 11 is 0. The van der Waals surface area contributed by atoms with Crippen LogP contribution in [0.25, 0.3) is 10.9 Å². The molecule has 0 aliphatic rings. The number of nitrogens with one attached hydrogen (secondary N) is 1. The number of ether oxygens (including phenoxy) is 1. The fourth-order valence-corrected chi connectivity index (χ4v) is 2.99. The van der Waals surface area contributed by atoms with Gasteiger partial charge in [-0.15, -0.1) is 0 Å². The molecule has 0 radical (unpaired) electrons. The smallest absolute Gasteiger partial charge is 0.262 e. The molecule has 8 heteroatoms. The Morgan fingerprint density at radius 3 is 2.83 bits per heavy atom.